The zero-order chi connectivity index (χ0) is 18.5. The van der Waals surface area contributed by atoms with Gasteiger partial charge in [0.05, 0.1) is 36.3 Å². The maximum atomic E-state index is 12.8. The molecule has 1 amide bonds. The van der Waals surface area contributed by atoms with E-state index in [1.54, 1.807) is 29.1 Å². The Morgan fingerprint density at radius 2 is 1.96 bits per heavy atom. The third kappa shape index (κ3) is 3.65. The van der Waals surface area contributed by atoms with Crippen molar-refractivity contribution in [2.24, 2.45) is 0 Å². The van der Waals surface area contributed by atoms with Crippen molar-refractivity contribution in [1.29, 1.82) is 0 Å². The summed E-state index contributed by atoms with van der Waals surface area (Å²) < 4.78 is 12.4. The number of aromatic nitrogens is 2. The Kier molecular flexibility index (Phi) is 5.43. The summed E-state index contributed by atoms with van der Waals surface area (Å²) in [5, 5.41) is 7.56. The van der Waals surface area contributed by atoms with Crippen molar-refractivity contribution in [3.8, 4) is 17.2 Å². The number of ether oxygens (including phenoxy) is 2. The highest BCUT2D eigenvalue weighted by molar-refractivity contribution is 6.32. The standard InChI is InChI=1S/C19H18ClN3O3/c1-3-26-16-12-23(13-8-5-4-6-9-13)22-17(16)19(24)21-15-11-7-10-14(20)18(15)25-2/h4-12H,3H2,1-2H3,(H,21,24). The zero-order valence-corrected chi connectivity index (χ0v) is 15.2. The molecule has 2 aromatic carbocycles. The second kappa shape index (κ2) is 7.93. The molecule has 0 aliphatic carbocycles. The summed E-state index contributed by atoms with van der Waals surface area (Å²) in [6.07, 6.45) is 1.68. The molecule has 1 heterocycles. The van der Waals surface area contributed by atoms with Gasteiger partial charge in [0.1, 0.15) is 0 Å². The SMILES string of the molecule is CCOc1cn(-c2ccccc2)nc1C(=O)Nc1cccc(Cl)c1OC. The number of nitrogens with zero attached hydrogens (tertiary/aromatic N) is 2. The highest BCUT2D eigenvalue weighted by Gasteiger charge is 2.20. The summed E-state index contributed by atoms with van der Waals surface area (Å²) in [7, 11) is 1.49. The highest BCUT2D eigenvalue weighted by Crippen LogP contribution is 2.33. The summed E-state index contributed by atoms with van der Waals surface area (Å²) in [5.41, 5.74) is 1.47. The molecule has 0 saturated heterocycles. The fraction of sp³-hybridized carbons (Fsp3) is 0.158. The van der Waals surface area contributed by atoms with E-state index in [0.29, 0.717) is 28.8 Å². The number of rotatable bonds is 6. The number of methoxy groups -OCH3 is 1. The Morgan fingerprint density at radius 3 is 2.65 bits per heavy atom. The van der Waals surface area contributed by atoms with E-state index in [4.69, 9.17) is 21.1 Å². The lowest BCUT2D eigenvalue weighted by Gasteiger charge is -2.11. The van der Waals surface area contributed by atoms with Crippen LogP contribution in [-0.2, 0) is 0 Å². The first-order chi connectivity index (χ1) is 12.6. The van der Waals surface area contributed by atoms with Gasteiger partial charge in [-0.05, 0) is 31.2 Å². The molecule has 0 aliphatic rings. The number of anilines is 1. The van der Waals surface area contributed by atoms with Crippen LogP contribution in [0.15, 0.2) is 54.7 Å². The predicted molar refractivity (Wildman–Crippen MR) is 101 cm³/mol. The van der Waals surface area contributed by atoms with Gasteiger partial charge in [-0.3, -0.25) is 4.79 Å². The van der Waals surface area contributed by atoms with Gasteiger partial charge in [0, 0.05) is 0 Å². The number of benzene rings is 2. The topological polar surface area (TPSA) is 65.4 Å². The predicted octanol–water partition coefficient (Wildman–Crippen LogP) is 4.19. The van der Waals surface area contributed by atoms with Crippen molar-refractivity contribution in [3.63, 3.8) is 0 Å². The molecule has 26 heavy (non-hydrogen) atoms. The smallest absolute Gasteiger partial charge is 0.280 e. The molecule has 7 heteroatoms. The molecule has 0 atom stereocenters. The van der Waals surface area contributed by atoms with Crippen molar-refractivity contribution in [3.05, 3.63) is 65.4 Å². The molecule has 0 fully saturated rings. The van der Waals surface area contributed by atoms with Crippen LogP contribution >= 0.6 is 11.6 Å². The number of carbonyl (C=O) groups is 1. The Hall–Kier alpha value is -2.99. The van der Waals surface area contributed by atoms with Crippen molar-refractivity contribution in [2.45, 2.75) is 6.92 Å². The summed E-state index contributed by atoms with van der Waals surface area (Å²) in [4.78, 5) is 12.8. The first kappa shape index (κ1) is 17.8. The van der Waals surface area contributed by atoms with Gasteiger partial charge in [-0.2, -0.15) is 5.10 Å². The Bertz CT molecular complexity index is 910. The average molecular weight is 372 g/mol. The maximum absolute atomic E-state index is 12.8. The van der Waals surface area contributed by atoms with Crippen molar-refractivity contribution < 1.29 is 14.3 Å². The van der Waals surface area contributed by atoms with Gasteiger partial charge < -0.3 is 14.8 Å². The van der Waals surface area contributed by atoms with E-state index in [-0.39, 0.29) is 5.69 Å². The van der Waals surface area contributed by atoms with Gasteiger partial charge in [0.15, 0.2) is 17.2 Å². The first-order valence-corrected chi connectivity index (χ1v) is 8.43. The fourth-order valence-electron chi connectivity index (χ4n) is 2.49. The van der Waals surface area contributed by atoms with Crippen LogP contribution in [0.4, 0.5) is 5.69 Å². The van der Waals surface area contributed by atoms with Gasteiger partial charge in [0.2, 0.25) is 0 Å². The largest absolute Gasteiger partial charge is 0.493 e. The molecule has 6 nitrogen and oxygen atoms in total. The molecule has 0 aliphatic heterocycles. The van der Waals surface area contributed by atoms with E-state index >= 15 is 0 Å². The van der Waals surface area contributed by atoms with Gasteiger partial charge in [0.25, 0.3) is 5.91 Å². The number of hydrogen-bond acceptors (Lipinski definition) is 4. The Balaban J connectivity index is 1.94. The average Bonchev–Trinajstić information content (AvgIpc) is 3.07. The molecular weight excluding hydrogens is 354 g/mol. The molecule has 0 radical (unpaired) electrons. The summed E-state index contributed by atoms with van der Waals surface area (Å²) in [5.74, 6) is 0.376. The number of carbonyl (C=O) groups excluding carboxylic acids is 1. The van der Waals surface area contributed by atoms with Gasteiger partial charge in [-0.15, -0.1) is 0 Å². The molecule has 0 bridgehead atoms. The molecule has 0 spiro atoms. The lowest BCUT2D eigenvalue weighted by molar-refractivity contribution is 0.101. The van der Waals surface area contributed by atoms with Crippen molar-refractivity contribution in [2.75, 3.05) is 19.0 Å². The summed E-state index contributed by atoms with van der Waals surface area (Å²) in [6, 6.07) is 14.6. The van der Waals surface area contributed by atoms with E-state index in [1.165, 1.54) is 7.11 Å². The summed E-state index contributed by atoms with van der Waals surface area (Å²) in [6.45, 7) is 2.27. The second-order valence-corrected chi connectivity index (χ2v) is 5.74. The van der Waals surface area contributed by atoms with Crippen LogP contribution in [0.1, 0.15) is 17.4 Å². The molecular formula is C19H18ClN3O3. The lowest BCUT2D eigenvalue weighted by Crippen LogP contribution is -2.15. The minimum absolute atomic E-state index is 0.178. The molecule has 0 unspecified atom stereocenters. The third-order valence-corrected chi connectivity index (χ3v) is 3.93. The molecule has 1 aromatic heterocycles. The first-order valence-electron chi connectivity index (χ1n) is 8.05. The highest BCUT2D eigenvalue weighted by atomic mass is 35.5. The monoisotopic (exact) mass is 371 g/mol. The van der Waals surface area contributed by atoms with E-state index in [9.17, 15) is 4.79 Å². The number of hydrogen-bond donors (Lipinski definition) is 1. The van der Waals surface area contributed by atoms with E-state index in [1.807, 2.05) is 37.3 Å². The number of nitrogens with one attached hydrogen (secondary N) is 1. The minimum atomic E-state index is -0.413. The second-order valence-electron chi connectivity index (χ2n) is 5.33. The van der Waals surface area contributed by atoms with Crippen LogP contribution in [-0.4, -0.2) is 29.4 Å². The molecule has 0 saturated carbocycles. The summed E-state index contributed by atoms with van der Waals surface area (Å²) >= 11 is 6.10. The van der Waals surface area contributed by atoms with Gasteiger partial charge >= 0.3 is 0 Å². The van der Waals surface area contributed by atoms with E-state index in [0.717, 1.165) is 5.69 Å². The normalized spacial score (nSPS) is 10.4. The number of para-hydroxylation sites is 2. The Morgan fingerprint density at radius 1 is 1.19 bits per heavy atom. The molecule has 1 N–H and O–H groups in total. The van der Waals surface area contributed by atoms with Gasteiger partial charge in [-0.25, -0.2) is 4.68 Å². The van der Waals surface area contributed by atoms with Crippen LogP contribution in [0, 0.1) is 0 Å². The molecule has 3 aromatic rings. The van der Waals surface area contributed by atoms with Gasteiger partial charge in [-0.1, -0.05) is 35.9 Å². The lowest BCUT2D eigenvalue weighted by atomic mass is 10.2. The molecule has 134 valence electrons. The quantitative estimate of drug-likeness (QED) is 0.705. The van der Waals surface area contributed by atoms with Crippen LogP contribution in [0.5, 0.6) is 11.5 Å². The molecule has 3 rings (SSSR count). The number of halogens is 1. The van der Waals surface area contributed by atoms with E-state index in [2.05, 4.69) is 10.4 Å². The van der Waals surface area contributed by atoms with E-state index < -0.39 is 5.91 Å². The maximum Gasteiger partial charge on any atom is 0.280 e. The van der Waals surface area contributed by atoms with Crippen molar-refractivity contribution in [1.82, 2.24) is 9.78 Å². The fourth-order valence-corrected chi connectivity index (χ4v) is 2.74. The minimum Gasteiger partial charge on any atom is -0.493 e. The van der Waals surface area contributed by atoms with Crippen LogP contribution < -0.4 is 14.8 Å². The Labute approximate surface area is 156 Å². The van der Waals surface area contributed by atoms with Crippen LogP contribution in [0.3, 0.4) is 0 Å². The van der Waals surface area contributed by atoms with Crippen LogP contribution in [0.2, 0.25) is 5.02 Å². The van der Waals surface area contributed by atoms with Crippen molar-refractivity contribution >= 4 is 23.2 Å². The zero-order valence-electron chi connectivity index (χ0n) is 14.4. The number of amides is 1. The van der Waals surface area contributed by atoms with Crippen LogP contribution in [0.25, 0.3) is 5.69 Å². The third-order valence-electron chi connectivity index (χ3n) is 3.64.